The molecule has 0 fully saturated rings. The van der Waals surface area contributed by atoms with E-state index in [4.69, 9.17) is 0 Å². The van der Waals surface area contributed by atoms with Crippen LogP contribution in [0.1, 0.15) is 0 Å². The monoisotopic (exact) mass is 72.0 g/mol. The minimum Gasteiger partial charge on any atom is -0.274 e. The molecule has 0 amide bonds. The number of halogens is 2. The van der Waals surface area contributed by atoms with Gasteiger partial charge in [0.15, 0.2) is 0 Å². The molecule has 4 heavy (non-hydrogen) atoms. The predicted molar refractivity (Wildman–Crippen MR) is 13.4 cm³/mol. The van der Waals surface area contributed by atoms with Crippen LogP contribution in [0.25, 0.3) is 0 Å². The molecule has 0 aromatic rings. The zero-order valence-electron chi connectivity index (χ0n) is 1.97. The van der Waals surface area contributed by atoms with Crippen molar-refractivity contribution in [2.24, 2.45) is 11.7 Å². The van der Waals surface area contributed by atoms with Crippen LogP contribution < -0.4 is 11.7 Å². The first-order chi connectivity index (χ1) is 1.00. The molecule has 0 spiro atoms. The van der Waals surface area contributed by atoms with Gasteiger partial charge in [-0.15, -0.1) is 0 Å². The molecule has 30 valence electrons. The van der Waals surface area contributed by atoms with E-state index >= 15 is 0 Å². The van der Waals surface area contributed by atoms with E-state index in [2.05, 4.69) is 11.7 Å². The van der Waals surface area contributed by atoms with Gasteiger partial charge in [0.1, 0.15) is 0 Å². The van der Waals surface area contributed by atoms with E-state index in [9.17, 15) is 0 Å². The van der Waals surface area contributed by atoms with E-state index in [1.165, 1.54) is 0 Å². The summed E-state index contributed by atoms with van der Waals surface area (Å²) in [7, 11) is 0. The van der Waals surface area contributed by atoms with Crippen molar-refractivity contribution < 1.29 is 9.41 Å². The van der Waals surface area contributed by atoms with Gasteiger partial charge in [-0.25, -0.2) is 0 Å². The second-order valence-corrected chi connectivity index (χ2v) is 0. The Morgan fingerprint density at radius 3 is 0.750 bits per heavy atom. The van der Waals surface area contributed by atoms with Gasteiger partial charge in [0.05, 0.1) is 0 Å². The molecule has 4 heteroatoms. The maximum atomic E-state index is 4.00. The summed E-state index contributed by atoms with van der Waals surface area (Å²) in [5.74, 6) is 8.00. The van der Waals surface area contributed by atoms with Gasteiger partial charge in [0, 0.05) is 0 Å². The standard InChI is InChI=1S/2FH.H4N2/c;;1-2/h2*1H;1-2H2. The average molecular weight is 72.1 g/mol. The van der Waals surface area contributed by atoms with E-state index in [1.54, 1.807) is 0 Å². The number of hydrogen-bond acceptors (Lipinski definition) is 2. The molecule has 0 aromatic carbocycles. The van der Waals surface area contributed by atoms with Crippen LogP contribution in [0.5, 0.6) is 0 Å². The Bertz CT molecular complexity index is 4.00. The highest BCUT2D eigenvalue weighted by Gasteiger charge is 0.726. The Balaban J connectivity index is -0.00000000500. The summed E-state index contributed by atoms with van der Waals surface area (Å²) in [5.41, 5.74) is 0. The van der Waals surface area contributed by atoms with E-state index in [1.807, 2.05) is 0 Å². The molecule has 0 rings (SSSR count). The lowest BCUT2D eigenvalue weighted by atomic mass is 13.0. The molecule has 0 saturated heterocycles. The lowest BCUT2D eigenvalue weighted by molar-refractivity contribution is 1.11. The molecule has 0 aliphatic carbocycles. The summed E-state index contributed by atoms with van der Waals surface area (Å²) in [4.78, 5) is 0. The van der Waals surface area contributed by atoms with Crippen LogP contribution >= 0.6 is 0 Å². The first-order valence-corrected chi connectivity index (χ1v) is 0.333. The number of rotatable bonds is 0. The van der Waals surface area contributed by atoms with Gasteiger partial charge in [-0.1, -0.05) is 0 Å². The molecule has 0 aromatic heterocycles. The second-order valence-electron chi connectivity index (χ2n) is 0. The van der Waals surface area contributed by atoms with Gasteiger partial charge in [-0.2, -0.15) is 0 Å². The molecule has 2 nitrogen and oxygen atoms in total. The van der Waals surface area contributed by atoms with E-state index in [0.717, 1.165) is 0 Å². The molecule has 0 aliphatic heterocycles. The van der Waals surface area contributed by atoms with Crippen molar-refractivity contribution in [2.75, 3.05) is 0 Å². The van der Waals surface area contributed by atoms with Gasteiger partial charge >= 0.3 is 0 Å². The third-order valence-electron chi connectivity index (χ3n) is 0. The average Bonchev–Trinajstić information content (AvgIpc) is 1.00. The molecular formula is H6F2N2. The number of hydrogen-bond donors (Lipinski definition) is 2. The van der Waals surface area contributed by atoms with Crippen LogP contribution in [-0.4, -0.2) is 0 Å². The topological polar surface area (TPSA) is 52.0 Å². The van der Waals surface area contributed by atoms with Gasteiger partial charge in [0.25, 0.3) is 0 Å². The first kappa shape index (κ1) is 48.0. The van der Waals surface area contributed by atoms with Crippen LogP contribution in [0.4, 0.5) is 9.41 Å². The Morgan fingerprint density at radius 2 is 0.750 bits per heavy atom. The highest BCUT2D eigenvalue weighted by molar-refractivity contribution is 3.26. The van der Waals surface area contributed by atoms with Gasteiger partial charge in [-0.05, 0) is 0 Å². The van der Waals surface area contributed by atoms with Crippen molar-refractivity contribution in [3.8, 4) is 0 Å². The Hall–Kier alpha value is -0.220. The maximum absolute atomic E-state index is 4.00. The van der Waals surface area contributed by atoms with Crippen molar-refractivity contribution in [3.63, 3.8) is 0 Å². The fourth-order valence-electron chi connectivity index (χ4n) is 0. The first-order valence-electron chi connectivity index (χ1n) is 0.333. The summed E-state index contributed by atoms with van der Waals surface area (Å²) < 4.78 is 0. The van der Waals surface area contributed by atoms with E-state index in [0.29, 0.717) is 0 Å². The van der Waals surface area contributed by atoms with Crippen molar-refractivity contribution in [1.82, 2.24) is 0 Å². The largest absolute Gasteiger partial charge is 0.274 e. The maximum Gasteiger partial charge on any atom is -0.269 e. The van der Waals surface area contributed by atoms with Crippen molar-refractivity contribution in [3.05, 3.63) is 0 Å². The third kappa shape index (κ3) is 22.4. The van der Waals surface area contributed by atoms with Gasteiger partial charge in [-0.3, -0.25) is 21.1 Å². The summed E-state index contributed by atoms with van der Waals surface area (Å²) >= 11 is 0. The predicted octanol–water partition coefficient (Wildman–Crippen LogP) is -0.876. The zero-order chi connectivity index (χ0) is 2.00. The molecule has 0 aliphatic rings. The van der Waals surface area contributed by atoms with Gasteiger partial charge < -0.3 is 0 Å². The minimum absolute atomic E-state index is 0. The van der Waals surface area contributed by atoms with Crippen LogP contribution in [-0.2, 0) is 0 Å². The molecule has 0 unspecified atom stereocenters. The van der Waals surface area contributed by atoms with Crippen LogP contribution in [0.15, 0.2) is 0 Å². The number of hydrazine groups is 1. The SMILES string of the molecule is F.F.NN. The lowest BCUT2D eigenvalue weighted by Gasteiger charge is -1.27. The Labute approximate surface area is 22.5 Å². The smallest absolute Gasteiger partial charge is 0.269 e. The molecule has 4 N–H and O–H groups in total. The summed E-state index contributed by atoms with van der Waals surface area (Å²) in [6, 6.07) is 0. The fourth-order valence-corrected chi connectivity index (χ4v) is 0. The van der Waals surface area contributed by atoms with Crippen LogP contribution in [0.2, 0.25) is 0 Å². The van der Waals surface area contributed by atoms with Crippen LogP contribution in [0.3, 0.4) is 0 Å². The molecular weight excluding hydrogens is 66.0 g/mol. The fraction of sp³-hybridized carbons (Fsp3) is 0. The highest BCUT2D eigenvalue weighted by atomic mass is 19.0. The van der Waals surface area contributed by atoms with E-state index < -0.39 is 0 Å². The van der Waals surface area contributed by atoms with Crippen LogP contribution in [0, 0.1) is 0 Å². The minimum atomic E-state index is 0. The molecule has 0 radical (unpaired) electrons. The van der Waals surface area contributed by atoms with Crippen molar-refractivity contribution in [2.45, 2.75) is 0 Å². The summed E-state index contributed by atoms with van der Waals surface area (Å²) in [6.45, 7) is 0. The van der Waals surface area contributed by atoms with Crippen molar-refractivity contribution in [1.29, 1.82) is 0 Å². The third-order valence-corrected chi connectivity index (χ3v) is 0. The normalized spacial score (nSPS) is 1.50. The second kappa shape index (κ2) is 182. The summed E-state index contributed by atoms with van der Waals surface area (Å²) in [5, 5.41) is 0. The Kier molecular flexibility index (Phi) is 2180. The number of nitrogens with two attached hydrogens (primary N) is 2. The van der Waals surface area contributed by atoms with E-state index in [-0.39, 0.29) is 9.41 Å². The quantitative estimate of drug-likeness (QED) is 0.288. The molecule has 0 saturated carbocycles. The lowest BCUT2D eigenvalue weighted by Crippen LogP contribution is -2.02. The molecule has 0 bridgehead atoms. The zero-order valence-corrected chi connectivity index (χ0v) is 1.97. The Morgan fingerprint density at radius 1 is 0.750 bits per heavy atom. The molecule has 0 atom stereocenters. The summed E-state index contributed by atoms with van der Waals surface area (Å²) in [6.07, 6.45) is 0. The molecule has 0 heterocycles. The van der Waals surface area contributed by atoms with Crippen molar-refractivity contribution >= 4 is 0 Å². The highest BCUT2D eigenvalue weighted by Crippen LogP contribution is 0.421. The van der Waals surface area contributed by atoms with Gasteiger partial charge in [0.2, 0.25) is 0 Å².